The van der Waals surface area contributed by atoms with Crippen molar-refractivity contribution in [2.75, 3.05) is 37.9 Å². The van der Waals surface area contributed by atoms with Crippen molar-refractivity contribution in [3.63, 3.8) is 0 Å². The van der Waals surface area contributed by atoms with Crippen LogP contribution >= 0.6 is 15.8 Å². The molecule has 0 aromatic heterocycles. The second-order valence-electron chi connectivity index (χ2n) is 13.0. The number of ether oxygens (including phenoxy) is 2. The first-order chi connectivity index (χ1) is 21.8. The summed E-state index contributed by atoms with van der Waals surface area (Å²) in [6.07, 6.45) is 32.9. The Morgan fingerprint density at radius 3 is 0.955 bits per heavy atom. The average Bonchev–Trinajstić information content (AvgIpc) is 3.07. The zero-order chi connectivity index (χ0) is 30.9. The van der Waals surface area contributed by atoms with Gasteiger partial charge in [0.05, 0.1) is 13.2 Å². The number of rotatable bonds is 26. The van der Waals surface area contributed by atoms with E-state index in [0.717, 1.165) is 24.7 Å². The van der Waals surface area contributed by atoms with Crippen LogP contribution in [0.5, 0.6) is 11.5 Å². The van der Waals surface area contributed by atoms with E-state index in [-0.39, 0.29) is 15.8 Å². The second kappa shape index (κ2) is 25.0. The minimum Gasteiger partial charge on any atom is -0.494 e. The lowest BCUT2D eigenvalue weighted by molar-refractivity contribution is 0.304. The lowest BCUT2D eigenvalue weighted by Gasteiger charge is -2.30. The molecule has 1 saturated heterocycles. The topological polar surface area (TPSA) is 18.5 Å². The van der Waals surface area contributed by atoms with Crippen LogP contribution in [0.25, 0.3) is 0 Å². The van der Waals surface area contributed by atoms with E-state index in [0.29, 0.717) is 0 Å². The van der Waals surface area contributed by atoms with Crippen molar-refractivity contribution >= 4 is 26.5 Å². The summed E-state index contributed by atoms with van der Waals surface area (Å²) in [6, 6.07) is 18.3. The van der Waals surface area contributed by atoms with E-state index >= 15 is 0 Å². The summed E-state index contributed by atoms with van der Waals surface area (Å²) in [4.78, 5) is 0. The van der Waals surface area contributed by atoms with Crippen LogP contribution in [0.2, 0.25) is 0 Å². The Morgan fingerprint density at radius 2 is 0.659 bits per heavy atom. The number of hydrogen-bond donors (Lipinski definition) is 0. The fourth-order valence-corrected chi connectivity index (χ4v) is 12.8. The molecule has 0 N–H and O–H groups in total. The molecule has 0 amide bonds. The van der Waals surface area contributed by atoms with E-state index in [1.165, 1.54) is 153 Å². The van der Waals surface area contributed by atoms with Gasteiger partial charge in [0.2, 0.25) is 0 Å². The molecule has 1 fully saturated rings. The molecule has 4 heteroatoms. The fourth-order valence-electron chi connectivity index (χ4n) is 6.29. The molecule has 2 nitrogen and oxygen atoms in total. The third-order valence-corrected chi connectivity index (χ3v) is 15.0. The van der Waals surface area contributed by atoms with Crippen LogP contribution in [0.4, 0.5) is 0 Å². The summed E-state index contributed by atoms with van der Waals surface area (Å²) >= 11 is 0. The lowest BCUT2D eigenvalue weighted by atomic mass is 10.1. The molecule has 2 aromatic rings. The predicted octanol–water partition coefficient (Wildman–Crippen LogP) is 12.2. The van der Waals surface area contributed by atoms with Crippen LogP contribution in [0.1, 0.15) is 142 Å². The van der Waals surface area contributed by atoms with Gasteiger partial charge in [0, 0.05) is 0 Å². The molecule has 3 rings (SSSR count). The van der Waals surface area contributed by atoms with Crippen LogP contribution in [-0.4, -0.2) is 37.9 Å². The monoisotopic (exact) mass is 640 g/mol. The molecule has 248 valence electrons. The van der Waals surface area contributed by atoms with E-state index < -0.39 is 0 Å². The maximum atomic E-state index is 6.07. The Bertz CT molecular complexity index is 844. The summed E-state index contributed by atoms with van der Waals surface area (Å²) in [5.74, 6) is 2.10. The van der Waals surface area contributed by atoms with Crippen LogP contribution in [0.15, 0.2) is 48.5 Å². The summed E-state index contributed by atoms with van der Waals surface area (Å²) in [6.45, 7) is 6.30. The van der Waals surface area contributed by atoms with Crippen LogP contribution in [-0.2, 0) is 0 Å². The molecule has 1 heterocycles. The molecular weight excluding hydrogens is 574 g/mol. The molecule has 2 aromatic carbocycles. The smallest absolute Gasteiger partial charge is 0.119 e. The molecule has 0 atom stereocenters. The van der Waals surface area contributed by atoms with Crippen LogP contribution < -0.4 is 20.1 Å². The van der Waals surface area contributed by atoms with E-state index in [2.05, 4.69) is 62.4 Å². The first-order valence-corrected chi connectivity index (χ1v) is 22.2. The van der Waals surface area contributed by atoms with Crippen molar-refractivity contribution < 1.29 is 9.47 Å². The summed E-state index contributed by atoms with van der Waals surface area (Å²) in [7, 11) is -0.0329. The van der Waals surface area contributed by atoms with Gasteiger partial charge >= 0.3 is 0 Å². The Morgan fingerprint density at radius 1 is 0.386 bits per heavy atom. The normalized spacial score (nSPS) is 16.7. The maximum absolute atomic E-state index is 6.07. The first kappa shape index (κ1) is 37.4. The number of hydrogen-bond acceptors (Lipinski definition) is 2. The Labute approximate surface area is 275 Å². The van der Waals surface area contributed by atoms with Gasteiger partial charge in [0.25, 0.3) is 0 Å². The van der Waals surface area contributed by atoms with Crippen molar-refractivity contribution in [2.24, 2.45) is 0 Å². The van der Waals surface area contributed by atoms with Gasteiger partial charge in [-0.1, -0.05) is 170 Å². The van der Waals surface area contributed by atoms with E-state index in [1.807, 2.05) is 0 Å². The lowest BCUT2D eigenvalue weighted by Crippen LogP contribution is -2.19. The Balaban J connectivity index is 1.21. The van der Waals surface area contributed by atoms with Gasteiger partial charge in [0.1, 0.15) is 11.5 Å². The molecule has 0 saturated carbocycles. The highest BCUT2D eigenvalue weighted by atomic mass is 31.1. The van der Waals surface area contributed by atoms with Crippen molar-refractivity contribution in [3.8, 4) is 11.5 Å². The minimum atomic E-state index is -0.0165. The molecule has 0 spiro atoms. The number of benzene rings is 2. The van der Waals surface area contributed by atoms with Gasteiger partial charge in [0.15, 0.2) is 0 Å². The van der Waals surface area contributed by atoms with Crippen molar-refractivity contribution in [1.29, 1.82) is 0 Å². The standard InChI is InChI=1S/C40H66O2P2/c1-3-5-7-9-11-13-15-17-19-21-31-41-37-23-27-39(28-24-37)43-33-35-44(36-34-43)40-29-25-38(26-30-40)42-32-22-20-18-16-14-12-10-8-6-4-2/h23-30H,3-22,31-36H2,1-2H3. The molecule has 1 aliphatic heterocycles. The maximum Gasteiger partial charge on any atom is 0.119 e. The van der Waals surface area contributed by atoms with Crippen molar-refractivity contribution in [1.82, 2.24) is 0 Å². The second-order valence-corrected chi connectivity index (χ2v) is 18.0. The largest absolute Gasteiger partial charge is 0.494 e. The van der Waals surface area contributed by atoms with Gasteiger partial charge in [-0.25, -0.2) is 0 Å². The van der Waals surface area contributed by atoms with Gasteiger partial charge in [-0.05, 0) is 72.4 Å². The van der Waals surface area contributed by atoms with Crippen LogP contribution in [0, 0.1) is 0 Å². The zero-order valence-electron chi connectivity index (χ0n) is 28.7. The van der Waals surface area contributed by atoms with Crippen LogP contribution in [0.3, 0.4) is 0 Å². The average molecular weight is 641 g/mol. The van der Waals surface area contributed by atoms with Gasteiger partial charge in [-0.3, -0.25) is 0 Å². The quantitative estimate of drug-likeness (QED) is 0.0752. The van der Waals surface area contributed by atoms with Crippen molar-refractivity contribution in [2.45, 2.75) is 142 Å². The first-order valence-electron chi connectivity index (χ1n) is 18.8. The fraction of sp³-hybridized carbons (Fsp3) is 0.700. The van der Waals surface area contributed by atoms with Gasteiger partial charge < -0.3 is 9.47 Å². The Kier molecular flexibility index (Phi) is 21.3. The Hall–Kier alpha value is -1.10. The zero-order valence-corrected chi connectivity index (χ0v) is 30.5. The minimum absolute atomic E-state index is 0.0165. The van der Waals surface area contributed by atoms with E-state index in [9.17, 15) is 0 Å². The molecule has 0 unspecified atom stereocenters. The molecule has 0 aliphatic carbocycles. The third kappa shape index (κ3) is 16.5. The SMILES string of the molecule is CCCCCCCCCCCCOc1ccc(P2CCP(c3ccc(OCCCCCCCCCCCC)cc3)CC2)cc1. The van der Waals surface area contributed by atoms with E-state index in [4.69, 9.17) is 9.47 Å². The van der Waals surface area contributed by atoms with Crippen molar-refractivity contribution in [3.05, 3.63) is 48.5 Å². The molecular formula is C40H66O2P2. The highest BCUT2D eigenvalue weighted by molar-refractivity contribution is 7.73. The van der Waals surface area contributed by atoms with Gasteiger partial charge in [-0.2, -0.15) is 0 Å². The molecule has 44 heavy (non-hydrogen) atoms. The van der Waals surface area contributed by atoms with Gasteiger partial charge in [-0.15, -0.1) is 0 Å². The molecule has 0 bridgehead atoms. The summed E-state index contributed by atoms with van der Waals surface area (Å²) in [5, 5.41) is 3.13. The summed E-state index contributed by atoms with van der Waals surface area (Å²) < 4.78 is 12.1. The summed E-state index contributed by atoms with van der Waals surface area (Å²) in [5.41, 5.74) is 0. The molecule has 1 aliphatic rings. The highest BCUT2D eigenvalue weighted by Crippen LogP contribution is 2.49. The molecule has 0 radical (unpaired) electrons. The van der Waals surface area contributed by atoms with E-state index in [1.54, 1.807) is 10.6 Å². The predicted molar refractivity (Wildman–Crippen MR) is 200 cm³/mol. The number of unbranched alkanes of at least 4 members (excludes halogenated alkanes) is 18. The third-order valence-electron chi connectivity index (χ3n) is 9.22. The highest BCUT2D eigenvalue weighted by Gasteiger charge is 2.23.